The number of carbonyl (C=O) groups is 1. The van der Waals surface area contributed by atoms with Crippen molar-refractivity contribution in [2.24, 2.45) is 0 Å². The maximum absolute atomic E-state index is 12.3. The smallest absolute Gasteiger partial charge is 0.261 e. The van der Waals surface area contributed by atoms with E-state index in [1.54, 1.807) is 26.2 Å². The molecular weight excluding hydrogens is 336 g/mol. The van der Waals surface area contributed by atoms with Gasteiger partial charge in [0.2, 0.25) is 0 Å². The lowest BCUT2D eigenvalue weighted by molar-refractivity contribution is 0.0827. The molecule has 0 saturated carbocycles. The Morgan fingerprint density at radius 1 is 1.09 bits per heavy atom. The van der Waals surface area contributed by atoms with Gasteiger partial charge in [-0.3, -0.25) is 9.52 Å². The Hall–Kier alpha value is -2.05. The van der Waals surface area contributed by atoms with E-state index in [1.807, 2.05) is 6.92 Å². The summed E-state index contributed by atoms with van der Waals surface area (Å²) in [4.78, 5) is 13.4. The van der Waals surface area contributed by atoms with Crippen LogP contribution in [-0.2, 0) is 10.0 Å². The van der Waals surface area contributed by atoms with Crippen molar-refractivity contribution in [3.8, 4) is 0 Å². The van der Waals surface area contributed by atoms with Crippen LogP contribution in [0.1, 0.15) is 15.9 Å². The molecule has 5 nitrogen and oxygen atoms in total. The molecule has 2 rings (SSSR count). The lowest BCUT2D eigenvalue weighted by atomic mass is 10.2. The van der Waals surface area contributed by atoms with Gasteiger partial charge >= 0.3 is 0 Å². The standard InChI is InChI=1S/C16H17ClN2O3S/c1-11-4-7-13(8-5-11)23(21,22)18-15-9-6-12(10-14(15)17)16(20)19(2)3/h4-10,18H,1-3H3. The van der Waals surface area contributed by atoms with Gasteiger partial charge in [-0.2, -0.15) is 0 Å². The van der Waals surface area contributed by atoms with Gasteiger partial charge < -0.3 is 4.90 Å². The van der Waals surface area contributed by atoms with Crippen LogP contribution in [0.4, 0.5) is 5.69 Å². The summed E-state index contributed by atoms with van der Waals surface area (Å²) in [6.07, 6.45) is 0. The van der Waals surface area contributed by atoms with Gasteiger partial charge in [-0.25, -0.2) is 8.42 Å². The van der Waals surface area contributed by atoms with E-state index in [2.05, 4.69) is 4.72 Å². The second-order valence-corrected chi connectivity index (χ2v) is 7.40. The number of amides is 1. The van der Waals surface area contributed by atoms with Crippen LogP contribution in [0.2, 0.25) is 5.02 Å². The molecule has 0 radical (unpaired) electrons. The van der Waals surface area contributed by atoms with E-state index in [-0.39, 0.29) is 21.5 Å². The lowest BCUT2D eigenvalue weighted by Gasteiger charge is -2.13. The van der Waals surface area contributed by atoms with E-state index in [0.29, 0.717) is 5.56 Å². The van der Waals surface area contributed by atoms with Gasteiger partial charge in [0, 0.05) is 19.7 Å². The summed E-state index contributed by atoms with van der Waals surface area (Å²) >= 11 is 6.10. The highest BCUT2D eigenvalue weighted by atomic mass is 35.5. The summed E-state index contributed by atoms with van der Waals surface area (Å²) in [6, 6.07) is 10.9. The third kappa shape index (κ3) is 4.03. The predicted octanol–water partition coefficient (Wildman–Crippen LogP) is 3.15. The molecule has 23 heavy (non-hydrogen) atoms. The molecule has 1 N–H and O–H groups in total. The number of hydrogen-bond acceptors (Lipinski definition) is 3. The van der Waals surface area contributed by atoms with Crippen LogP contribution >= 0.6 is 11.6 Å². The van der Waals surface area contributed by atoms with Crippen molar-refractivity contribution in [3.63, 3.8) is 0 Å². The Bertz CT molecular complexity index is 831. The molecule has 0 heterocycles. The summed E-state index contributed by atoms with van der Waals surface area (Å²) in [5.41, 5.74) is 1.58. The van der Waals surface area contributed by atoms with Crippen LogP contribution in [0, 0.1) is 6.92 Å². The molecule has 1 amide bonds. The van der Waals surface area contributed by atoms with Crippen molar-refractivity contribution in [1.82, 2.24) is 4.90 Å². The number of halogens is 1. The van der Waals surface area contributed by atoms with Gasteiger partial charge in [0.15, 0.2) is 0 Å². The van der Waals surface area contributed by atoms with Crippen molar-refractivity contribution in [3.05, 3.63) is 58.6 Å². The fourth-order valence-corrected chi connectivity index (χ4v) is 3.27. The number of rotatable bonds is 4. The highest BCUT2D eigenvalue weighted by Crippen LogP contribution is 2.26. The number of aryl methyl sites for hydroxylation is 1. The molecule has 0 bridgehead atoms. The van der Waals surface area contributed by atoms with Gasteiger partial charge in [-0.05, 0) is 37.3 Å². The average Bonchev–Trinajstić information content (AvgIpc) is 2.48. The zero-order valence-corrected chi connectivity index (χ0v) is 14.6. The van der Waals surface area contributed by atoms with Gasteiger partial charge in [-0.1, -0.05) is 29.3 Å². The number of carbonyl (C=O) groups excluding carboxylic acids is 1. The van der Waals surface area contributed by atoms with Crippen molar-refractivity contribution < 1.29 is 13.2 Å². The first-order valence-electron chi connectivity index (χ1n) is 6.81. The molecule has 0 atom stereocenters. The molecule has 0 aliphatic rings. The largest absolute Gasteiger partial charge is 0.345 e. The van der Waals surface area contributed by atoms with Crippen LogP contribution in [0.15, 0.2) is 47.4 Å². The van der Waals surface area contributed by atoms with Crippen LogP contribution < -0.4 is 4.72 Å². The summed E-state index contributed by atoms with van der Waals surface area (Å²) < 4.78 is 27.1. The molecule has 0 aliphatic carbocycles. The van der Waals surface area contributed by atoms with E-state index in [4.69, 9.17) is 11.6 Å². The van der Waals surface area contributed by atoms with Gasteiger partial charge in [0.25, 0.3) is 15.9 Å². The SMILES string of the molecule is Cc1ccc(S(=O)(=O)Nc2ccc(C(=O)N(C)C)cc2Cl)cc1. The summed E-state index contributed by atoms with van der Waals surface area (Å²) in [7, 11) is -0.473. The minimum atomic E-state index is -3.73. The van der Waals surface area contributed by atoms with Crippen LogP contribution in [0.5, 0.6) is 0 Å². The fraction of sp³-hybridized carbons (Fsp3) is 0.188. The predicted molar refractivity (Wildman–Crippen MR) is 91.5 cm³/mol. The Morgan fingerprint density at radius 2 is 1.70 bits per heavy atom. The quantitative estimate of drug-likeness (QED) is 0.919. The number of nitrogens with zero attached hydrogens (tertiary/aromatic N) is 1. The highest BCUT2D eigenvalue weighted by Gasteiger charge is 2.17. The summed E-state index contributed by atoms with van der Waals surface area (Å²) in [5.74, 6) is -0.208. The Morgan fingerprint density at radius 3 is 2.22 bits per heavy atom. The monoisotopic (exact) mass is 352 g/mol. The first-order valence-corrected chi connectivity index (χ1v) is 8.67. The highest BCUT2D eigenvalue weighted by molar-refractivity contribution is 7.92. The second kappa shape index (κ2) is 6.60. The molecule has 2 aromatic carbocycles. The molecule has 2 aromatic rings. The molecule has 0 fully saturated rings. The number of nitrogens with one attached hydrogen (secondary N) is 1. The Labute approximate surface area is 140 Å². The average molecular weight is 353 g/mol. The molecule has 0 unspecified atom stereocenters. The second-order valence-electron chi connectivity index (χ2n) is 5.31. The normalized spacial score (nSPS) is 11.1. The van der Waals surface area contributed by atoms with Crippen molar-refractivity contribution in [1.29, 1.82) is 0 Å². The minimum absolute atomic E-state index is 0.146. The van der Waals surface area contributed by atoms with Gasteiger partial charge in [-0.15, -0.1) is 0 Å². The Balaban J connectivity index is 2.29. The van der Waals surface area contributed by atoms with E-state index in [0.717, 1.165) is 5.56 Å². The molecule has 0 aromatic heterocycles. The van der Waals surface area contributed by atoms with Crippen molar-refractivity contribution in [2.45, 2.75) is 11.8 Å². The van der Waals surface area contributed by atoms with Crippen LogP contribution in [0.3, 0.4) is 0 Å². The zero-order valence-electron chi connectivity index (χ0n) is 13.0. The van der Waals surface area contributed by atoms with E-state index in [9.17, 15) is 13.2 Å². The maximum Gasteiger partial charge on any atom is 0.261 e. The number of hydrogen-bond donors (Lipinski definition) is 1. The first kappa shape index (κ1) is 17.3. The first-order chi connectivity index (χ1) is 10.7. The third-order valence-corrected chi connectivity index (χ3v) is 4.89. The van der Waals surface area contributed by atoms with Gasteiger partial charge in [0.05, 0.1) is 15.6 Å². The number of sulfonamides is 1. The minimum Gasteiger partial charge on any atom is -0.345 e. The summed E-state index contributed by atoms with van der Waals surface area (Å²) in [6.45, 7) is 1.88. The molecule has 0 saturated heterocycles. The van der Waals surface area contributed by atoms with E-state index in [1.165, 1.54) is 35.2 Å². The number of anilines is 1. The molecule has 0 spiro atoms. The molecule has 122 valence electrons. The fourth-order valence-electron chi connectivity index (χ4n) is 1.91. The van der Waals surface area contributed by atoms with Crippen molar-refractivity contribution in [2.75, 3.05) is 18.8 Å². The third-order valence-electron chi connectivity index (χ3n) is 3.20. The topological polar surface area (TPSA) is 66.5 Å². The van der Waals surface area contributed by atoms with Crippen LogP contribution in [-0.4, -0.2) is 33.3 Å². The van der Waals surface area contributed by atoms with Crippen molar-refractivity contribution >= 4 is 33.2 Å². The number of benzene rings is 2. The van der Waals surface area contributed by atoms with E-state index < -0.39 is 10.0 Å². The Kier molecular flexibility index (Phi) is 4.97. The summed E-state index contributed by atoms with van der Waals surface area (Å²) in [5, 5.41) is 0.161. The van der Waals surface area contributed by atoms with E-state index >= 15 is 0 Å². The maximum atomic E-state index is 12.3. The lowest BCUT2D eigenvalue weighted by Crippen LogP contribution is -2.21. The molecular formula is C16H17ClN2O3S. The molecule has 7 heteroatoms. The zero-order chi connectivity index (χ0) is 17.2. The van der Waals surface area contributed by atoms with Crippen LogP contribution in [0.25, 0.3) is 0 Å². The molecule has 0 aliphatic heterocycles. The van der Waals surface area contributed by atoms with Gasteiger partial charge in [0.1, 0.15) is 0 Å².